The van der Waals surface area contributed by atoms with Gasteiger partial charge >= 0.3 is 5.97 Å². The fourth-order valence-corrected chi connectivity index (χ4v) is 2.85. The van der Waals surface area contributed by atoms with E-state index in [0.717, 1.165) is 15.1 Å². The highest BCUT2D eigenvalue weighted by molar-refractivity contribution is 7.19. The molecule has 0 bridgehead atoms. The van der Waals surface area contributed by atoms with Gasteiger partial charge in [0, 0.05) is 4.88 Å². The third-order valence-electron chi connectivity index (χ3n) is 2.40. The quantitative estimate of drug-likeness (QED) is 0.645. The van der Waals surface area contributed by atoms with Crippen LogP contribution in [0.25, 0.3) is 10.2 Å². The number of hydrogen-bond donors (Lipinski definition) is 1. The Bertz CT molecular complexity index is 579. The molecule has 2 aromatic rings. The van der Waals surface area contributed by atoms with E-state index in [0.29, 0.717) is 11.3 Å². The average molecular weight is 237 g/mol. The molecule has 1 N–H and O–H groups in total. The summed E-state index contributed by atoms with van der Waals surface area (Å²) in [6.45, 7) is 3.42. The van der Waals surface area contributed by atoms with Crippen molar-refractivity contribution in [1.29, 1.82) is 0 Å². The first-order valence-corrected chi connectivity index (χ1v) is 5.57. The van der Waals surface area contributed by atoms with Gasteiger partial charge < -0.3 is 9.72 Å². The summed E-state index contributed by atoms with van der Waals surface area (Å²) in [6, 6.07) is 1.71. The molecule has 2 rings (SSSR count). The van der Waals surface area contributed by atoms with Crippen molar-refractivity contribution in [2.75, 3.05) is 7.11 Å². The minimum absolute atomic E-state index is 0.00187. The van der Waals surface area contributed by atoms with Crippen molar-refractivity contribution in [3.05, 3.63) is 22.2 Å². The molecule has 0 atom stereocenters. The lowest BCUT2D eigenvalue weighted by Gasteiger charge is -1.95. The molecule has 0 spiro atoms. The number of H-pyrrole nitrogens is 1. The number of ketones is 1. The Morgan fingerprint density at radius 1 is 1.44 bits per heavy atom. The van der Waals surface area contributed by atoms with Gasteiger partial charge in [-0.15, -0.1) is 11.3 Å². The van der Waals surface area contributed by atoms with E-state index in [1.54, 1.807) is 6.07 Å². The Balaban J connectivity index is 2.64. The van der Waals surface area contributed by atoms with E-state index in [9.17, 15) is 9.59 Å². The lowest BCUT2D eigenvalue weighted by Crippen LogP contribution is -2.01. The summed E-state index contributed by atoms with van der Waals surface area (Å²) in [5, 5.41) is 0. The number of hydrogen-bond acceptors (Lipinski definition) is 4. The predicted molar refractivity (Wildman–Crippen MR) is 62.3 cm³/mol. The zero-order valence-electron chi connectivity index (χ0n) is 9.21. The highest BCUT2D eigenvalue weighted by Crippen LogP contribution is 2.31. The molecule has 2 aromatic heterocycles. The normalized spacial score (nSPS) is 10.7. The number of carbonyl (C=O) groups excluding carboxylic acids is 2. The molecule has 5 heteroatoms. The second kappa shape index (κ2) is 3.75. The van der Waals surface area contributed by atoms with Crippen molar-refractivity contribution < 1.29 is 14.3 Å². The Kier molecular flexibility index (Phi) is 2.55. The van der Waals surface area contributed by atoms with Crippen LogP contribution in [0.3, 0.4) is 0 Å². The minimum Gasteiger partial charge on any atom is -0.464 e. The van der Waals surface area contributed by atoms with E-state index in [-0.39, 0.29) is 5.78 Å². The molecule has 0 amide bonds. The summed E-state index contributed by atoms with van der Waals surface area (Å²) >= 11 is 1.50. The minimum atomic E-state index is -0.421. The first-order valence-electron chi connectivity index (χ1n) is 4.76. The average Bonchev–Trinajstić information content (AvgIpc) is 2.71. The number of methoxy groups -OCH3 is 1. The number of Topliss-reactive ketones (excluding diaryl/α,β-unsaturated/α-hetero) is 1. The summed E-state index contributed by atoms with van der Waals surface area (Å²) in [7, 11) is 1.33. The van der Waals surface area contributed by atoms with Crippen LogP contribution in [-0.4, -0.2) is 23.8 Å². The molecule has 0 aromatic carbocycles. The monoisotopic (exact) mass is 237 g/mol. The third-order valence-corrected chi connectivity index (χ3v) is 3.46. The van der Waals surface area contributed by atoms with Crippen molar-refractivity contribution in [2.24, 2.45) is 0 Å². The molecule has 2 heterocycles. The SMILES string of the molecule is COC(=O)c1cc2sc(C)c(C(C)=O)c2[nH]1. The van der Waals surface area contributed by atoms with E-state index >= 15 is 0 Å². The van der Waals surface area contributed by atoms with Gasteiger partial charge in [0.1, 0.15) is 5.69 Å². The lowest BCUT2D eigenvalue weighted by atomic mass is 10.2. The highest BCUT2D eigenvalue weighted by atomic mass is 32.1. The van der Waals surface area contributed by atoms with Crippen molar-refractivity contribution >= 4 is 33.3 Å². The highest BCUT2D eigenvalue weighted by Gasteiger charge is 2.18. The van der Waals surface area contributed by atoms with Gasteiger partial charge in [0.2, 0.25) is 0 Å². The second-order valence-corrected chi connectivity index (χ2v) is 4.76. The maximum Gasteiger partial charge on any atom is 0.354 e. The first kappa shape index (κ1) is 10.9. The van der Waals surface area contributed by atoms with Gasteiger partial charge in [-0.25, -0.2) is 4.79 Å². The molecule has 0 aliphatic heterocycles. The Morgan fingerprint density at radius 3 is 2.69 bits per heavy atom. The number of aromatic amines is 1. The predicted octanol–water partition coefficient (Wildman–Crippen LogP) is 2.53. The maximum absolute atomic E-state index is 11.5. The number of aromatic nitrogens is 1. The smallest absolute Gasteiger partial charge is 0.354 e. The molecule has 84 valence electrons. The standard InChI is InChI=1S/C11H11NO3S/c1-5(13)9-6(2)16-8-4-7(11(14)15-3)12-10(8)9/h4,12H,1-3H3. The van der Waals surface area contributed by atoms with Gasteiger partial charge in [-0.3, -0.25) is 4.79 Å². The van der Waals surface area contributed by atoms with Crippen LogP contribution in [-0.2, 0) is 4.74 Å². The van der Waals surface area contributed by atoms with E-state index in [2.05, 4.69) is 9.72 Å². The van der Waals surface area contributed by atoms with Gasteiger partial charge in [0.05, 0.1) is 22.9 Å². The van der Waals surface area contributed by atoms with Crippen LogP contribution < -0.4 is 0 Å². The van der Waals surface area contributed by atoms with Gasteiger partial charge in [-0.05, 0) is 19.9 Å². The topological polar surface area (TPSA) is 59.2 Å². The Labute approximate surface area is 96.2 Å². The van der Waals surface area contributed by atoms with E-state index < -0.39 is 5.97 Å². The number of nitrogens with one attached hydrogen (secondary N) is 1. The van der Waals surface area contributed by atoms with Gasteiger partial charge in [-0.2, -0.15) is 0 Å². The second-order valence-electron chi connectivity index (χ2n) is 3.50. The molecule has 0 aliphatic carbocycles. The summed E-state index contributed by atoms with van der Waals surface area (Å²) in [4.78, 5) is 26.7. The number of rotatable bonds is 2. The molecule has 0 saturated heterocycles. The Hall–Kier alpha value is -1.62. The summed E-state index contributed by atoms with van der Waals surface area (Å²) in [5.74, 6) is -0.419. The number of ether oxygens (including phenoxy) is 1. The maximum atomic E-state index is 11.5. The van der Waals surface area contributed by atoms with E-state index in [4.69, 9.17) is 0 Å². The third kappa shape index (κ3) is 1.53. The van der Waals surface area contributed by atoms with Crippen molar-refractivity contribution in [1.82, 2.24) is 4.98 Å². The van der Waals surface area contributed by atoms with Crippen LogP contribution in [0, 0.1) is 6.92 Å². The number of carbonyl (C=O) groups is 2. The fourth-order valence-electron chi connectivity index (χ4n) is 1.74. The first-order chi connectivity index (χ1) is 7.54. The zero-order chi connectivity index (χ0) is 11.9. The van der Waals surface area contributed by atoms with Gasteiger partial charge in [0.25, 0.3) is 0 Å². The largest absolute Gasteiger partial charge is 0.464 e. The van der Waals surface area contributed by atoms with Gasteiger partial charge in [0.15, 0.2) is 5.78 Å². The zero-order valence-corrected chi connectivity index (χ0v) is 10.0. The summed E-state index contributed by atoms with van der Waals surface area (Å²) in [6.07, 6.45) is 0. The molecule has 16 heavy (non-hydrogen) atoms. The summed E-state index contributed by atoms with van der Waals surface area (Å²) in [5.41, 5.74) is 1.77. The van der Waals surface area contributed by atoms with Crippen LogP contribution in [0.1, 0.15) is 32.6 Å². The lowest BCUT2D eigenvalue weighted by molar-refractivity contribution is 0.0595. The van der Waals surface area contributed by atoms with Crippen LogP contribution in [0.5, 0.6) is 0 Å². The number of aryl methyl sites for hydroxylation is 1. The molecular weight excluding hydrogens is 226 g/mol. The molecule has 0 aliphatic rings. The number of esters is 1. The molecule has 0 unspecified atom stereocenters. The molecule has 0 fully saturated rings. The van der Waals surface area contributed by atoms with Crippen LogP contribution in [0.2, 0.25) is 0 Å². The molecular formula is C11H11NO3S. The molecule has 4 nitrogen and oxygen atoms in total. The van der Waals surface area contributed by atoms with Crippen LogP contribution >= 0.6 is 11.3 Å². The number of fused-ring (bicyclic) bond motifs is 1. The van der Waals surface area contributed by atoms with Gasteiger partial charge in [-0.1, -0.05) is 0 Å². The van der Waals surface area contributed by atoms with Crippen molar-refractivity contribution in [3.63, 3.8) is 0 Å². The van der Waals surface area contributed by atoms with Crippen LogP contribution in [0.15, 0.2) is 6.07 Å². The summed E-state index contributed by atoms with van der Waals surface area (Å²) < 4.78 is 5.52. The van der Waals surface area contributed by atoms with E-state index in [1.165, 1.54) is 25.4 Å². The molecule has 0 saturated carbocycles. The van der Waals surface area contributed by atoms with Crippen molar-refractivity contribution in [3.8, 4) is 0 Å². The molecule has 0 radical (unpaired) electrons. The Morgan fingerprint density at radius 2 is 2.12 bits per heavy atom. The van der Waals surface area contributed by atoms with E-state index in [1.807, 2.05) is 6.92 Å². The van der Waals surface area contributed by atoms with Crippen molar-refractivity contribution in [2.45, 2.75) is 13.8 Å². The number of thiophene rings is 1. The van der Waals surface area contributed by atoms with Crippen LogP contribution in [0.4, 0.5) is 0 Å². The fraction of sp³-hybridized carbons (Fsp3) is 0.273.